The molecule has 66 valence electrons. The fraction of sp³-hybridized carbons (Fsp3) is 0. The van der Waals surface area contributed by atoms with E-state index in [2.05, 4.69) is 15.0 Å². The molecule has 2 N–H and O–H groups in total. The Morgan fingerprint density at radius 3 is 2.77 bits per heavy atom. The lowest BCUT2D eigenvalue weighted by atomic mass is 10.4. The van der Waals surface area contributed by atoms with Gasteiger partial charge in [-0.1, -0.05) is 22.9 Å². The third-order valence-corrected chi connectivity index (χ3v) is 2.41. The maximum Gasteiger partial charge on any atom is 0.180 e. The van der Waals surface area contributed by atoms with Gasteiger partial charge in [-0.2, -0.15) is 0 Å². The summed E-state index contributed by atoms with van der Waals surface area (Å²) in [5.74, 6) is 0. The summed E-state index contributed by atoms with van der Waals surface area (Å²) in [6.45, 7) is 0. The first-order valence-corrected chi connectivity index (χ1v) is 4.64. The first kappa shape index (κ1) is 8.40. The summed E-state index contributed by atoms with van der Waals surface area (Å²) in [5.41, 5.74) is 6.18. The van der Waals surface area contributed by atoms with Gasteiger partial charge < -0.3 is 5.73 Å². The van der Waals surface area contributed by atoms with Crippen molar-refractivity contribution in [2.75, 3.05) is 5.73 Å². The molecule has 0 unspecified atom stereocenters. The van der Waals surface area contributed by atoms with Crippen LogP contribution in [0.4, 0.5) is 5.13 Å². The molecule has 0 aliphatic rings. The number of thiazole rings is 1. The van der Waals surface area contributed by atoms with E-state index in [0.717, 1.165) is 4.88 Å². The molecule has 2 aromatic heterocycles. The summed E-state index contributed by atoms with van der Waals surface area (Å²) >= 11 is 7.04. The second-order valence-electron chi connectivity index (χ2n) is 2.29. The van der Waals surface area contributed by atoms with E-state index in [1.165, 1.54) is 17.5 Å². The summed E-state index contributed by atoms with van der Waals surface area (Å²) in [5, 5.41) is 0.876. The molecule has 4 nitrogen and oxygen atoms in total. The normalized spacial score (nSPS) is 10.2. The molecule has 2 aromatic rings. The molecule has 0 aliphatic carbocycles. The Labute approximate surface area is 83.4 Å². The van der Waals surface area contributed by atoms with Crippen molar-refractivity contribution < 1.29 is 0 Å². The molecule has 0 amide bonds. The number of nitrogens with two attached hydrogens (primary N) is 1. The van der Waals surface area contributed by atoms with Crippen LogP contribution in [0, 0.1) is 0 Å². The fourth-order valence-electron chi connectivity index (χ4n) is 0.867. The van der Waals surface area contributed by atoms with Crippen LogP contribution in [0.15, 0.2) is 18.6 Å². The summed E-state index contributed by atoms with van der Waals surface area (Å²) in [6.07, 6.45) is 4.76. The highest BCUT2D eigenvalue weighted by Crippen LogP contribution is 2.25. The monoisotopic (exact) mass is 212 g/mol. The van der Waals surface area contributed by atoms with Crippen LogP contribution in [-0.4, -0.2) is 15.0 Å². The molecule has 2 heterocycles. The van der Waals surface area contributed by atoms with Gasteiger partial charge in [-0.3, -0.25) is 4.98 Å². The van der Waals surface area contributed by atoms with E-state index >= 15 is 0 Å². The SMILES string of the molecule is Nc1ncc(-c2cncc(Cl)n2)s1. The quantitative estimate of drug-likeness (QED) is 0.784. The number of hydrogen-bond donors (Lipinski definition) is 1. The molecule has 0 radical (unpaired) electrons. The molecule has 6 heteroatoms. The Balaban J connectivity index is 2.46. The van der Waals surface area contributed by atoms with E-state index in [1.807, 2.05) is 0 Å². The molecule has 0 atom stereocenters. The van der Waals surface area contributed by atoms with Gasteiger partial charge in [-0.15, -0.1) is 0 Å². The fourth-order valence-corrected chi connectivity index (χ4v) is 1.65. The first-order valence-electron chi connectivity index (χ1n) is 3.45. The summed E-state index contributed by atoms with van der Waals surface area (Å²) in [6, 6.07) is 0. The van der Waals surface area contributed by atoms with Gasteiger partial charge >= 0.3 is 0 Å². The highest BCUT2D eigenvalue weighted by molar-refractivity contribution is 7.18. The second kappa shape index (κ2) is 3.27. The van der Waals surface area contributed by atoms with E-state index in [-0.39, 0.29) is 0 Å². The summed E-state index contributed by atoms with van der Waals surface area (Å²) < 4.78 is 0. The van der Waals surface area contributed by atoms with Crippen LogP contribution in [-0.2, 0) is 0 Å². The van der Waals surface area contributed by atoms with Gasteiger partial charge in [0, 0.05) is 6.20 Å². The smallest absolute Gasteiger partial charge is 0.180 e. The van der Waals surface area contributed by atoms with Crippen molar-refractivity contribution in [1.29, 1.82) is 0 Å². The van der Waals surface area contributed by atoms with Gasteiger partial charge in [0.2, 0.25) is 0 Å². The average molecular weight is 213 g/mol. The van der Waals surface area contributed by atoms with Crippen LogP contribution in [0.1, 0.15) is 0 Å². The maximum atomic E-state index is 5.68. The van der Waals surface area contributed by atoms with Gasteiger partial charge in [-0.05, 0) is 0 Å². The zero-order valence-corrected chi connectivity index (χ0v) is 8.01. The van der Waals surface area contributed by atoms with E-state index in [1.54, 1.807) is 12.4 Å². The molecule has 0 aromatic carbocycles. The molecule has 0 fully saturated rings. The summed E-state index contributed by atoms with van der Waals surface area (Å²) in [7, 11) is 0. The Morgan fingerprint density at radius 2 is 2.15 bits per heavy atom. The van der Waals surface area contributed by atoms with Crippen LogP contribution in [0.3, 0.4) is 0 Å². The molecule has 13 heavy (non-hydrogen) atoms. The Hall–Kier alpha value is -1.20. The van der Waals surface area contributed by atoms with Crippen LogP contribution in [0.5, 0.6) is 0 Å². The van der Waals surface area contributed by atoms with Gasteiger partial charge in [0.05, 0.1) is 17.3 Å². The minimum Gasteiger partial charge on any atom is -0.375 e. The van der Waals surface area contributed by atoms with Gasteiger partial charge in [-0.25, -0.2) is 9.97 Å². The van der Waals surface area contributed by atoms with E-state index in [0.29, 0.717) is 16.0 Å². The lowest BCUT2D eigenvalue weighted by Crippen LogP contribution is -1.82. The minimum atomic E-state index is 0.365. The zero-order chi connectivity index (χ0) is 9.26. The molecular weight excluding hydrogens is 208 g/mol. The van der Waals surface area contributed by atoms with Crippen molar-refractivity contribution in [3.8, 4) is 10.6 Å². The minimum absolute atomic E-state index is 0.365. The van der Waals surface area contributed by atoms with Crippen LogP contribution in [0.25, 0.3) is 10.6 Å². The number of nitrogens with zero attached hydrogens (tertiary/aromatic N) is 3. The van der Waals surface area contributed by atoms with Gasteiger partial charge in [0.25, 0.3) is 0 Å². The van der Waals surface area contributed by atoms with Crippen molar-refractivity contribution in [3.05, 3.63) is 23.7 Å². The highest BCUT2D eigenvalue weighted by Gasteiger charge is 2.04. The molecule has 0 aliphatic heterocycles. The van der Waals surface area contributed by atoms with Crippen molar-refractivity contribution in [2.24, 2.45) is 0 Å². The van der Waals surface area contributed by atoms with Gasteiger partial charge in [0.15, 0.2) is 5.13 Å². The lowest BCUT2D eigenvalue weighted by Gasteiger charge is -1.93. The number of anilines is 1. The average Bonchev–Trinajstić information content (AvgIpc) is 2.52. The second-order valence-corrected chi connectivity index (χ2v) is 3.74. The van der Waals surface area contributed by atoms with Crippen LogP contribution >= 0.6 is 22.9 Å². The molecule has 0 saturated carbocycles. The Morgan fingerprint density at radius 1 is 1.31 bits per heavy atom. The van der Waals surface area contributed by atoms with E-state index < -0.39 is 0 Å². The third-order valence-electron chi connectivity index (χ3n) is 1.38. The number of rotatable bonds is 1. The number of nitrogen functional groups attached to an aromatic ring is 1. The molecule has 2 rings (SSSR count). The lowest BCUT2D eigenvalue weighted by molar-refractivity contribution is 1.21. The topological polar surface area (TPSA) is 64.7 Å². The van der Waals surface area contributed by atoms with Crippen LogP contribution in [0.2, 0.25) is 5.15 Å². The van der Waals surface area contributed by atoms with Crippen molar-refractivity contribution in [3.63, 3.8) is 0 Å². The largest absolute Gasteiger partial charge is 0.375 e. The standard InChI is InChI=1S/C7H5ClN4S/c8-6-3-10-1-4(12-6)5-2-11-7(9)13-5/h1-3H,(H2,9,11). The van der Waals surface area contributed by atoms with Gasteiger partial charge in [0.1, 0.15) is 10.8 Å². The molecule has 0 spiro atoms. The molecule has 0 bridgehead atoms. The molecule has 0 saturated heterocycles. The highest BCUT2D eigenvalue weighted by atomic mass is 35.5. The predicted octanol–water partition coefficient (Wildman–Crippen LogP) is 1.84. The summed E-state index contributed by atoms with van der Waals surface area (Å²) in [4.78, 5) is 12.8. The number of aromatic nitrogens is 3. The number of hydrogen-bond acceptors (Lipinski definition) is 5. The van der Waals surface area contributed by atoms with Crippen molar-refractivity contribution >= 4 is 28.1 Å². The third kappa shape index (κ3) is 1.76. The predicted molar refractivity (Wildman–Crippen MR) is 52.6 cm³/mol. The zero-order valence-electron chi connectivity index (χ0n) is 6.44. The van der Waals surface area contributed by atoms with E-state index in [9.17, 15) is 0 Å². The number of halogens is 1. The Kier molecular flexibility index (Phi) is 2.12. The van der Waals surface area contributed by atoms with Crippen LogP contribution < -0.4 is 5.73 Å². The Bertz CT molecular complexity index is 428. The molecular formula is C7H5ClN4S. The van der Waals surface area contributed by atoms with E-state index in [4.69, 9.17) is 17.3 Å². The first-order chi connectivity index (χ1) is 6.25. The van der Waals surface area contributed by atoms with Crippen molar-refractivity contribution in [1.82, 2.24) is 15.0 Å². The maximum absolute atomic E-state index is 5.68. The van der Waals surface area contributed by atoms with Crippen molar-refractivity contribution in [2.45, 2.75) is 0 Å².